The molecule has 23 heavy (non-hydrogen) atoms. The van der Waals surface area contributed by atoms with Gasteiger partial charge in [-0.3, -0.25) is 14.2 Å². The standard InChI is InChI=1S/C17H15N3O2S/c1-18-15(21)10-11-6-8-12(9-7-11)20-16(22)13-4-2-3-5-14(13)19-17(20)23/h2-9H,10H2,1H3,(H,18,21)(H,19,23). The van der Waals surface area contributed by atoms with Crippen molar-refractivity contribution in [2.24, 2.45) is 0 Å². The zero-order valence-electron chi connectivity index (χ0n) is 12.5. The molecule has 0 bridgehead atoms. The number of para-hydroxylation sites is 1. The zero-order chi connectivity index (χ0) is 16.4. The van der Waals surface area contributed by atoms with E-state index in [1.54, 1.807) is 25.2 Å². The Kier molecular flexibility index (Phi) is 4.08. The monoisotopic (exact) mass is 325 g/mol. The van der Waals surface area contributed by atoms with Crippen molar-refractivity contribution in [3.05, 3.63) is 69.2 Å². The summed E-state index contributed by atoms with van der Waals surface area (Å²) in [5, 5.41) is 3.16. The minimum Gasteiger partial charge on any atom is -0.359 e. The van der Waals surface area contributed by atoms with Crippen molar-refractivity contribution in [2.75, 3.05) is 7.05 Å². The van der Waals surface area contributed by atoms with Gasteiger partial charge in [0.15, 0.2) is 4.77 Å². The number of nitrogens with zero attached hydrogens (tertiary/aromatic N) is 1. The Balaban J connectivity index is 2.08. The maximum atomic E-state index is 12.7. The predicted molar refractivity (Wildman–Crippen MR) is 92.5 cm³/mol. The van der Waals surface area contributed by atoms with Crippen LogP contribution in [-0.2, 0) is 11.2 Å². The fraction of sp³-hybridized carbons (Fsp3) is 0.118. The Bertz CT molecular complexity index is 987. The molecule has 0 aliphatic heterocycles. The second-order valence-electron chi connectivity index (χ2n) is 5.13. The fourth-order valence-corrected chi connectivity index (χ4v) is 2.73. The summed E-state index contributed by atoms with van der Waals surface area (Å²) in [6.45, 7) is 0. The maximum Gasteiger partial charge on any atom is 0.266 e. The molecule has 116 valence electrons. The van der Waals surface area contributed by atoms with Crippen LogP contribution < -0.4 is 10.9 Å². The number of benzene rings is 2. The Morgan fingerprint density at radius 1 is 1.17 bits per heavy atom. The molecule has 0 unspecified atom stereocenters. The lowest BCUT2D eigenvalue weighted by Crippen LogP contribution is -2.21. The van der Waals surface area contributed by atoms with Gasteiger partial charge in [0.25, 0.3) is 5.56 Å². The van der Waals surface area contributed by atoms with Gasteiger partial charge >= 0.3 is 0 Å². The molecule has 3 aromatic rings. The molecule has 0 fully saturated rings. The largest absolute Gasteiger partial charge is 0.359 e. The molecule has 0 radical (unpaired) electrons. The van der Waals surface area contributed by atoms with Gasteiger partial charge in [-0.25, -0.2) is 0 Å². The van der Waals surface area contributed by atoms with Gasteiger partial charge in [0.05, 0.1) is 23.0 Å². The number of carbonyl (C=O) groups excluding carboxylic acids is 1. The summed E-state index contributed by atoms with van der Waals surface area (Å²) >= 11 is 5.31. The molecule has 0 aliphatic rings. The first-order chi connectivity index (χ1) is 11.1. The van der Waals surface area contributed by atoms with E-state index in [9.17, 15) is 9.59 Å². The molecular formula is C17H15N3O2S. The Morgan fingerprint density at radius 2 is 1.87 bits per heavy atom. The lowest BCUT2D eigenvalue weighted by molar-refractivity contribution is -0.119. The molecule has 0 spiro atoms. The minimum atomic E-state index is -0.164. The summed E-state index contributed by atoms with van der Waals surface area (Å²) in [5.74, 6) is -0.0575. The van der Waals surface area contributed by atoms with E-state index in [4.69, 9.17) is 12.2 Å². The summed E-state index contributed by atoms with van der Waals surface area (Å²) in [6, 6.07) is 14.5. The third kappa shape index (κ3) is 2.93. The number of fused-ring (bicyclic) bond motifs is 1. The van der Waals surface area contributed by atoms with Crippen LogP contribution in [0.5, 0.6) is 0 Å². The third-order valence-corrected chi connectivity index (χ3v) is 3.93. The normalized spacial score (nSPS) is 10.7. The SMILES string of the molecule is CNC(=O)Cc1ccc(-n2c(=S)[nH]c3ccccc3c2=O)cc1. The van der Waals surface area contributed by atoms with Crippen LogP contribution in [0.1, 0.15) is 5.56 Å². The van der Waals surface area contributed by atoms with Crippen LogP contribution in [0.15, 0.2) is 53.3 Å². The van der Waals surface area contributed by atoms with Gasteiger partial charge in [0.2, 0.25) is 5.91 Å². The molecule has 0 atom stereocenters. The van der Waals surface area contributed by atoms with Gasteiger partial charge < -0.3 is 10.3 Å². The lowest BCUT2D eigenvalue weighted by Gasteiger charge is -2.09. The first-order valence-electron chi connectivity index (χ1n) is 7.14. The summed E-state index contributed by atoms with van der Waals surface area (Å²) < 4.78 is 1.80. The highest BCUT2D eigenvalue weighted by Crippen LogP contribution is 2.12. The predicted octanol–water partition coefficient (Wildman–Crippen LogP) is 2.34. The number of hydrogen-bond acceptors (Lipinski definition) is 3. The van der Waals surface area contributed by atoms with Gasteiger partial charge in [-0.15, -0.1) is 0 Å². The van der Waals surface area contributed by atoms with Crippen LogP contribution in [0.3, 0.4) is 0 Å². The molecule has 6 heteroatoms. The van der Waals surface area contributed by atoms with E-state index in [-0.39, 0.29) is 11.5 Å². The van der Waals surface area contributed by atoms with E-state index in [1.807, 2.05) is 30.3 Å². The topological polar surface area (TPSA) is 66.9 Å². The number of amides is 1. The van der Waals surface area contributed by atoms with Crippen molar-refractivity contribution in [1.29, 1.82) is 0 Å². The van der Waals surface area contributed by atoms with Crippen LogP contribution in [0, 0.1) is 4.77 Å². The quantitative estimate of drug-likeness (QED) is 0.726. The van der Waals surface area contributed by atoms with Gasteiger partial charge in [0, 0.05) is 7.05 Å². The average Bonchev–Trinajstić information content (AvgIpc) is 2.56. The van der Waals surface area contributed by atoms with E-state index in [0.29, 0.717) is 22.3 Å². The van der Waals surface area contributed by atoms with E-state index < -0.39 is 0 Å². The Hall–Kier alpha value is -2.73. The number of aromatic nitrogens is 2. The number of nitrogens with one attached hydrogen (secondary N) is 2. The van der Waals surface area contributed by atoms with Gasteiger partial charge in [-0.1, -0.05) is 24.3 Å². The number of likely N-dealkylation sites (N-methyl/N-ethyl adjacent to an activating group) is 1. The van der Waals surface area contributed by atoms with Crippen molar-refractivity contribution in [1.82, 2.24) is 14.9 Å². The molecule has 0 saturated carbocycles. The summed E-state index contributed by atoms with van der Waals surface area (Å²) in [5.41, 5.74) is 2.10. The number of H-pyrrole nitrogens is 1. The molecule has 2 N–H and O–H groups in total. The smallest absolute Gasteiger partial charge is 0.266 e. The van der Waals surface area contributed by atoms with Crippen molar-refractivity contribution < 1.29 is 4.79 Å². The molecule has 5 nitrogen and oxygen atoms in total. The van der Waals surface area contributed by atoms with E-state index in [2.05, 4.69) is 10.3 Å². The summed E-state index contributed by atoms with van der Waals surface area (Å²) in [6.07, 6.45) is 0.302. The molecule has 1 heterocycles. The highest BCUT2D eigenvalue weighted by molar-refractivity contribution is 7.71. The lowest BCUT2D eigenvalue weighted by atomic mass is 10.1. The molecule has 1 aromatic heterocycles. The average molecular weight is 325 g/mol. The van der Waals surface area contributed by atoms with Gasteiger partial charge in [-0.2, -0.15) is 0 Å². The second-order valence-corrected chi connectivity index (χ2v) is 5.52. The van der Waals surface area contributed by atoms with Crippen molar-refractivity contribution >= 4 is 29.0 Å². The third-order valence-electron chi connectivity index (χ3n) is 3.64. The molecule has 0 saturated heterocycles. The maximum absolute atomic E-state index is 12.7. The van der Waals surface area contributed by atoms with Crippen molar-refractivity contribution in [2.45, 2.75) is 6.42 Å². The fourth-order valence-electron chi connectivity index (χ4n) is 2.43. The Morgan fingerprint density at radius 3 is 2.57 bits per heavy atom. The van der Waals surface area contributed by atoms with Gasteiger partial charge in [-0.05, 0) is 42.0 Å². The van der Waals surface area contributed by atoms with Crippen LogP contribution >= 0.6 is 12.2 Å². The van der Waals surface area contributed by atoms with E-state index in [0.717, 1.165) is 11.1 Å². The highest BCUT2D eigenvalue weighted by Gasteiger charge is 2.08. The van der Waals surface area contributed by atoms with Crippen molar-refractivity contribution in [3.8, 4) is 5.69 Å². The van der Waals surface area contributed by atoms with E-state index >= 15 is 0 Å². The van der Waals surface area contributed by atoms with Crippen LogP contribution in [0.25, 0.3) is 16.6 Å². The summed E-state index contributed by atoms with van der Waals surface area (Å²) in [7, 11) is 1.60. The van der Waals surface area contributed by atoms with Crippen LogP contribution in [0.4, 0.5) is 0 Å². The number of aromatic amines is 1. The van der Waals surface area contributed by atoms with Crippen LogP contribution in [-0.4, -0.2) is 22.5 Å². The number of carbonyl (C=O) groups is 1. The van der Waals surface area contributed by atoms with E-state index in [1.165, 1.54) is 4.57 Å². The van der Waals surface area contributed by atoms with Crippen molar-refractivity contribution in [3.63, 3.8) is 0 Å². The van der Waals surface area contributed by atoms with Gasteiger partial charge in [0.1, 0.15) is 0 Å². The summed E-state index contributed by atoms with van der Waals surface area (Å²) in [4.78, 5) is 27.1. The zero-order valence-corrected chi connectivity index (χ0v) is 13.3. The Labute approximate surface area is 137 Å². The highest BCUT2D eigenvalue weighted by atomic mass is 32.1. The molecule has 3 rings (SSSR count). The molecule has 1 amide bonds. The van der Waals surface area contributed by atoms with Crippen LogP contribution in [0.2, 0.25) is 0 Å². The second kappa shape index (κ2) is 6.18. The first kappa shape index (κ1) is 15.2. The molecule has 2 aromatic carbocycles. The molecular weight excluding hydrogens is 310 g/mol. The number of rotatable bonds is 3. The first-order valence-corrected chi connectivity index (χ1v) is 7.55. The number of hydrogen-bond donors (Lipinski definition) is 2. The molecule has 0 aliphatic carbocycles. The minimum absolute atomic E-state index is 0.0575.